The van der Waals surface area contributed by atoms with Crippen LogP contribution in [-0.4, -0.2) is 11.7 Å². The molecule has 0 spiro atoms. The van der Waals surface area contributed by atoms with Crippen LogP contribution in [-0.2, 0) is 0 Å². The second kappa shape index (κ2) is 4.58. The van der Waals surface area contributed by atoms with Crippen molar-refractivity contribution in [2.75, 3.05) is 6.61 Å². The van der Waals surface area contributed by atoms with Crippen LogP contribution in [0.25, 0.3) is 0 Å². The van der Waals surface area contributed by atoms with Gasteiger partial charge < -0.3 is 5.11 Å². The zero-order valence-electron chi connectivity index (χ0n) is 10.2. The number of allylic oxidation sites excluding steroid dienone is 3. The molecule has 88 valence electrons. The van der Waals surface area contributed by atoms with E-state index >= 15 is 0 Å². The Labute approximate surface area is 98.6 Å². The Kier molecular flexibility index (Phi) is 3.34. The molecule has 0 radical (unpaired) electrons. The maximum Gasteiger partial charge on any atom is 0.0641 e. The number of hydrogen-bond acceptors (Lipinski definition) is 1. The van der Waals surface area contributed by atoms with E-state index in [0.717, 1.165) is 24.8 Å². The molecule has 0 aliphatic heterocycles. The molecule has 0 aromatic rings. The maximum absolute atomic E-state index is 9.21. The normalized spacial score (nSPS) is 34.2. The standard InChI is InChI=1S/C15H22O/c1-10-4-6-13(12(3)9-16)8-15-11(2)5-7-14(10)15/h5,13-16H,1,3-4,6-9H2,2H3/t13-,14+,15-/m0/s1. The lowest BCUT2D eigenvalue weighted by Gasteiger charge is -2.23. The van der Waals surface area contributed by atoms with Gasteiger partial charge in [0.05, 0.1) is 6.61 Å². The summed E-state index contributed by atoms with van der Waals surface area (Å²) in [7, 11) is 0. The Morgan fingerprint density at radius 3 is 2.94 bits per heavy atom. The minimum atomic E-state index is 0.136. The van der Waals surface area contributed by atoms with E-state index in [1.54, 1.807) is 0 Å². The van der Waals surface area contributed by atoms with Crippen LogP contribution in [0, 0.1) is 17.8 Å². The van der Waals surface area contributed by atoms with E-state index in [9.17, 15) is 5.11 Å². The van der Waals surface area contributed by atoms with Crippen LogP contribution in [0.4, 0.5) is 0 Å². The van der Waals surface area contributed by atoms with Crippen molar-refractivity contribution in [1.29, 1.82) is 0 Å². The molecular formula is C15H22O. The summed E-state index contributed by atoms with van der Waals surface area (Å²) in [6.07, 6.45) is 6.92. The van der Waals surface area contributed by atoms with E-state index in [0.29, 0.717) is 17.8 Å². The molecule has 0 saturated heterocycles. The van der Waals surface area contributed by atoms with Gasteiger partial charge in [0.25, 0.3) is 0 Å². The summed E-state index contributed by atoms with van der Waals surface area (Å²) in [6.45, 7) is 10.6. The predicted octanol–water partition coefficient (Wildman–Crippen LogP) is 3.47. The SMILES string of the molecule is C=C(CO)[C@H]1CCC(=C)[C@H]2CC=C(C)[C@@H]2C1. The van der Waals surface area contributed by atoms with Gasteiger partial charge in [-0.1, -0.05) is 30.4 Å². The first-order valence-electron chi connectivity index (χ1n) is 6.26. The first-order valence-corrected chi connectivity index (χ1v) is 6.26. The van der Waals surface area contributed by atoms with Crippen LogP contribution in [0.1, 0.15) is 32.6 Å². The van der Waals surface area contributed by atoms with Gasteiger partial charge in [0.1, 0.15) is 0 Å². The molecule has 0 aromatic heterocycles. The van der Waals surface area contributed by atoms with Gasteiger partial charge in [-0.3, -0.25) is 0 Å². The molecule has 1 saturated carbocycles. The minimum absolute atomic E-state index is 0.136. The van der Waals surface area contributed by atoms with Crippen LogP contribution >= 0.6 is 0 Å². The van der Waals surface area contributed by atoms with Crippen LogP contribution in [0.15, 0.2) is 36.0 Å². The second-order valence-corrected chi connectivity index (χ2v) is 5.34. The fraction of sp³-hybridized carbons (Fsp3) is 0.600. The molecule has 0 aromatic carbocycles. The topological polar surface area (TPSA) is 20.2 Å². The van der Waals surface area contributed by atoms with E-state index in [1.165, 1.54) is 17.6 Å². The summed E-state index contributed by atoms with van der Waals surface area (Å²) in [5, 5.41) is 9.21. The molecule has 0 heterocycles. The Morgan fingerprint density at radius 1 is 1.50 bits per heavy atom. The molecule has 3 atom stereocenters. The largest absolute Gasteiger partial charge is 0.392 e. The van der Waals surface area contributed by atoms with Gasteiger partial charge in [0.15, 0.2) is 0 Å². The Hall–Kier alpha value is -0.820. The van der Waals surface area contributed by atoms with Gasteiger partial charge in [-0.2, -0.15) is 0 Å². The molecule has 2 aliphatic rings. The van der Waals surface area contributed by atoms with Gasteiger partial charge >= 0.3 is 0 Å². The highest BCUT2D eigenvalue weighted by molar-refractivity contribution is 5.24. The highest BCUT2D eigenvalue weighted by Gasteiger charge is 2.34. The third-order valence-corrected chi connectivity index (χ3v) is 4.42. The average Bonchev–Trinajstić information content (AvgIpc) is 2.55. The van der Waals surface area contributed by atoms with Gasteiger partial charge in [0.2, 0.25) is 0 Å². The van der Waals surface area contributed by atoms with E-state index in [2.05, 4.69) is 26.2 Å². The molecule has 1 N–H and O–H groups in total. The summed E-state index contributed by atoms with van der Waals surface area (Å²) < 4.78 is 0. The van der Waals surface area contributed by atoms with Crippen LogP contribution < -0.4 is 0 Å². The van der Waals surface area contributed by atoms with Crippen molar-refractivity contribution in [1.82, 2.24) is 0 Å². The lowest BCUT2D eigenvalue weighted by Crippen LogP contribution is -2.14. The molecule has 2 aliphatic carbocycles. The Bertz CT molecular complexity index is 337. The smallest absolute Gasteiger partial charge is 0.0641 e. The lowest BCUT2D eigenvalue weighted by atomic mass is 9.82. The molecule has 0 bridgehead atoms. The van der Waals surface area contributed by atoms with Crippen LogP contribution in [0.2, 0.25) is 0 Å². The highest BCUT2D eigenvalue weighted by Crippen LogP contribution is 2.46. The third-order valence-electron chi connectivity index (χ3n) is 4.42. The second-order valence-electron chi connectivity index (χ2n) is 5.34. The quantitative estimate of drug-likeness (QED) is 0.704. The molecule has 0 amide bonds. The molecule has 1 nitrogen and oxygen atoms in total. The number of aliphatic hydroxyl groups excluding tert-OH is 1. The third kappa shape index (κ3) is 2.01. The lowest BCUT2D eigenvalue weighted by molar-refractivity contribution is 0.300. The fourth-order valence-corrected chi connectivity index (χ4v) is 3.22. The predicted molar refractivity (Wildman–Crippen MR) is 68.1 cm³/mol. The Balaban J connectivity index is 2.16. The monoisotopic (exact) mass is 218 g/mol. The number of fused-ring (bicyclic) bond motifs is 1. The van der Waals surface area contributed by atoms with E-state index in [4.69, 9.17) is 0 Å². The first-order chi connectivity index (χ1) is 7.63. The summed E-state index contributed by atoms with van der Waals surface area (Å²) in [6, 6.07) is 0. The van der Waals surface area contributed by atoms with E-state index < -0.39 is 0 Å². The van der Waals surface area contributed by atoms with E-state index in [1.807, 2.05) is 0 Å². The van der Waals surface area contributed by atoms with Crippen molar-refractivity contribution >= 4 is 0 Å². The highest BCUT2D eigenvalue weighted by atomic mass is 16.3. The van der Waals surface area contributed by atoms with Crippen molar-refractivity contribution in [2.24, 2.45) is 17.8 Å². The summed E-state index contributed by atoms with van der Waals surface area (Å²) in [5.74, 6) is 1.80. The molecule has 0 unspecified atom stereocenters. The van der Waals surface area contributed by atoms with Gasteiger partial charge in [-0.05, 0) is 55.9 Å². The molecular weight excluding hydrogens is 196 g/mol. The molecule has 16 heavy (non-hydrogen) atoms. The van der Waals surface area contributed by atoms with Crippen LogP contribution in [0.3, 0.4) is 0 Å². The van der Waals surface area contributed by atoms with Crippen LogP contribution in [0.5, 0.6) is 0 Å². The van der Waals surface area contributed by atoms with Gasteiger partial charge in [-0.15, -0.1) is 0 Å². The first kappa shape index (κ1) is 11.7. The minimum Gasteiger partial charge on any atom is -0.392 e. The zero-order chi connectivity index (χ0) is 11.7. The summed E-state index contributed by atoms with van der Waals surface area (Å²) >= 11 is 0. The number of aliphatic hydroxyl groups is 1. The summed E-state index contributed by atoms with van der Waals surface area (Å²) in [5.41, 5.74) is 3.93. The molecule has 1 heteroatoms. The van der Waals surface area contributed by atoms with Crippen molar-refractivity contribution < 1.29 is 5.11 Å². The summed E-state index contributed by atoms with van der Waals surface area (Å²) in [4.78, 5) is 0. The van der Waals surface area contributed by atoms with Crippen molar-refractivity contribution in [3.8, 4) is 0 Å². The van der Waals surface area contributed by atoms with Crippen molar-refractivity contribution in [3.05, 3.63) is 36.0 Å². The van der Waals surface area contributed by atoms with Crippen molar-refractivity contribution in [3.63, 3.8) is 0 Å². The van der Waals surface area contributed by atoms with E-state index in [-0.39, 0.29) is 6.61 Å². The molecule has 1 fully saturated rings. The van der Waals surface area contributed by atoms with Gasteiger partial charge in [-0.25, -0.2) is 0 Å². The Morgan fingerprint density at radius 2 is 2.25 bits per heavy atom. The average molecular weight is 218 g/mol. The number of rotatable bonds is 2. The number of hydrogen-bond donors (Lipinski definition) is 1. The maximum atomic E-state index is 9.21. The molecule has 2 rings (SSSR count). The van der Waals surface area contributed by atoms with Gasteiger partial charge in [0, 0.05) is 0 Å². The van der Waals surface area contributed by atoms with Crippen molar-refractivity contribution in [2.45, 2.75) is 32.6 Å². The fourth-order valence-electron chi connectivity index (χ4n) is 3.22. The zero-order valence-corrected chi connectivity index (χ0v) is 10.2.